The van der Waals surface area contributed by atoms with Crippen LogP contribution in [0.3, 0.4) is 0 Å². The van der Waals surface area contributed by atoms with E-state index >= 15 is 0 Å². The molecule has 0 unspecified atom stereocenters. The van der Waals surface area contributed by atoms with Crippen LogP contribution in [-0.4, -0.2) is 27.5 Å². The molecule has 2 aromatic heterocycles. The van der Waals surface area contributed by atoms with Crippen molar-refractivity contribution in [3.8, 4) is 11.6 Å². The molecule has 28 heavy (non-hydrogen) atoms. The van der Waals surface area contributed by atoms with Crippen LogP contribution < -0.4 is 10.1 Å². The van der Waals surface area contributed by atoms with E-state index in [1.54, 1.807) is 23.0 Å². The van der Waals surface area contributed by atoms with Gasteiger partial charge < -0.3 is 10.1 Å². The van der Waals surface area contributed by atoms with Crippen molar-refractivity contribution in [2.45, 2.75) is 33.1 Å². The Balaban J connectivity index is 1.49. The molecule has 2 heterocycles. The lowest BCUT2D eigenvalue weighted by Gasteiger charge is -2.10. The summed E-state index contributed by atoms with van der Waals surface area (Å²) in [7, 11) is 0. The minimum Gasteiger partial charge on any atom is -0.484 e. The van der Waals surface area contributed by atoms with Crippen LogP contribution >= 0.6 is 0 Å². The van der Waals surface area contributed by atoms with E-state index in [9.17, 15) is 13.2 Å². The van der Waals surface area contributed by atoms with Crippen LogP contribution in [0.15, 0.2) is 48.7 Å². The van der Waals surface area contributed by atoms with Crippen LogP contribution in [0.2, 0.25) is 0 Å². The highest BCUT2D eigenvalue weighted by atomic mass is 19.4. The van der Waals surface area contributed by atoms with E-state index in [4.69, 9.17) is 4.74 Å². The third kappa shape index (κ3) is 5.56. The molecular weight excluding hydrogens is 369 g/mol. The second-order valence-electron chi connectivity index (χ2n) is 6.51. The number of ether oxygens (including phenoxy) is 1. The topological polar surface area (TPSA) is 52.0 Å². The molecule has 0 aliphatic heterocycles. The summed E-state index contributed by atoms with van der Waals surface area (Å²) in [6, 6.07) is 12.5. The molecule has 148 valence electrons. The summed E-state index contributed by atoms with van der Waals surface area (Å²) in [6.45, 7) is 3.84. The van der Waals surface area contributed by atoms with E-state index in [0.29, 0.717) is 13.1 Å². The van der Waals surface area contributed by atoms with E-state index in [-0.39, 0.29) is 5.75 Å². The van der Waals surface area contributed by atoms with Gasteiger partial charge in [-0.05, 0) is 49.2 Å². The van der Waals surface area contributed by atoms with Crippen LogP contribution in [0.1, 0.15) is 22.5 Å². The molecule has 0 saturated carbocycles. The summed E-state index contributed by atoms with van der Waals surface area (Å²) in [5.74, 6) is 0.966. The van der Waals surface area contributed by atoms with Gasteiger partial charge in [-0.2, -0.15) is 18.3 Å². The number of halogens is 3. The molecule has 1 N–H and O–H groups in total. The first-order valence-corrected chi connectivity index (χ1v) is 8.78. The number of rotatable bonds is 7. The van der Waals surface area contributed by atoms with Crippen molar-refractivity contribution >= 4 is 0 Å². The number of alkyl halides is 3. The third-order valence-corrected chi connectivity index (χ3v) is 4.02. The maximum absolute atomic E-state index is 12.1. The van der Waals surface area contributed by atoms with E-state index in [1.165, 1.54) is 12.1 Å². The predicted molar refractivity (Wildman–Crippen MR) is 99.4 cm³/mol. The van der Waals surface area contributed by atoms with Gasteiger partial charge in [0.25, 0.3) is 0 Å². The summed E-state index contributed by atoms with van der Waals surface area (Å²) in [6.07, 6.45) is -2.54. The van der Waals surface area contributed by atoms with Gasteiger partial charge in [-0.3, -0.25) is 0 Å². The van der Waals surface area contributed by atoms with Gasteiger partial charge in [0.15, 0.2) is 12.4 Å². The monoisotopic (exact) mass is 390 g/mol. The molecule has 8 heteroatoms. The average molecular weight is 390 g/mol. The fourth-order valence-electron chi connectivity index (χ4n) is 2.73. The fraction of sp³-hybridized carbons (Fsp3) is 0.300. The number of pyridine rings is 1. The van der Waals surface area contributed by atoms with Crippen LogP contribution in [0.4, 0.5) is 13.2 Å². The van der Waals surface area contributed by atoms with Crippen molar-refractivity contribution in [3.63, 3.8) is 0 Å². The zero-order valence-electron chi connectivity index (χ0n) is 15.6. The Morgan fingerprint density at radius 2 is 1.68 bits per heavy atom. The van der Waals surface area contributed by atoms with E-state index in [1.807, 2.05) is 32.0 Å². The first-order chi connectivity index (χ1) is 13.3. The molecule has 0 bridgehead atoms. The third-order valence-electron chi connectivity index (χ3n) is 4.02. The maximum atomic E-state index is 12.1. The van der Waals surface area contributed by atoms with E-state index in [0.717, 1.165) is 28.3 Å². The van der Waals surface area contributed by atoms with Crippen molar-refractivity contribution in [2.75, 3.05) is 6.61 Å². The van der Waals surface area contributed by atoms with Crippen molar-refractivity contribution in [2.24, 2.45) is 0 Å². The summed E-state index contributed by atoms with van der Waals surface area (Å²) in [5, 5.41) is 7.70. The highest BCUT2D eigenvalue weighted by Crippen LogP contribution is 2.19. The molecule has 5 nitrogen and oxygen atoms in total. The highest BCUT2D eigenvalue weighted by Gasteiger charge is 2.28. The largest absolute Gasteiger partial charge is 0.484 e. The standard InChI is InChI=1S/C20H21F3N4O/c1-14-9-15(2)27(26-14)19-8-5-17(12-25-19)11-24-10-16-3-6-18(7-4-16)28-13-20(21,22)23/h3-9,12,24H,10-11,13H2,1-2H3. The molecule has 1 aromatic carbocycles. The smallest absolute Gasteiger partial charge is 0.422 e. The predicted octanol–water partition coefficient (Wildman–Crippen LogP) is 4.12. The lowest BCUT2D eigenvalue weighted by Crippen LogP contribution is -2.19. The van der Waals surface area contributed by atoms with Crippen LogP contribution in [-0.2, 0) is 13.1 Å². The van der Waals surface area contributed by atoms with Gasteiger partial charge in [0.2, 0.25) is 0 Å². The average Bonchev–Trinajstić information content (AvgIpc) is 2.99. The number of nitrogens with zero attached hydrogens (tertiary/aromatic N) is 3. The quantitative estimate of drug-likeness (QED) is 0.660. The van der Waals surface area contributed by atoms with E-state index in [2.05, 4.69) is 15.4 Å². The molecule has 0 fully saturated rings. The number of nitrogens with one attached hydrogen (secondary N) is 1. The van der Waals surface area contributed by atoms with E-state index < -0.39 is 12.8 Å². The first-order valence-electron chi connectivity index (χ1n) is 8.78. The zero-order chi connectivity index (χ0) is 20.1. The molecule has 0 radical (unpaired) electrons. The minimum atomic E-state index is -4.33. The molecule has 0 amide bonds. The zero-order valence-corrected chi connectivity index (χ0v) is 15.6. The number of aromatic nitrogens is 3. The second kappa shape index (κ2) is 8.43. The number of aryl methyl sites for hydroxylation is 2. The Labute approximate surface area is 161 Å². The Morgan fingerprint density at radius 1 is 1.00 bits per heavy atom. The molecule has 0 atom stereocenters. The molecule has 0 aliphatic carbocycles. The van der Waals surface area contributed by atoms with Crippen molar-refractivity contribution in [1.29, 1.82) is 0 Å². The molecule has 3 aromatic rings. The Kier molecular flexibility index (Phi) is 5.99. The van der Waals surface area contributed by atoms with Gasteiger partial charge in [0.1, 0.15) is 5.75 Å². The van der Waals surface area contributed by atoms with Crippen molar-refractivity contribution < 1.29 is 17.9 Å². The summed E-state index contributed by atoms with van der Waals surface area (Å²) in [4.78, 5) is 4.45. The highest BCUT2D eigenvalue weighted by molar-refractivity contribution is 5.29. The maximum Gasteiger partial charge on any atom is 0.422 e. The normalized spacial score (nSPS) is 11.6. The Bertz CT molecular complexity index is 903. The molecule has 0 aliphatic rings. The van der Waals surface area contributed by atoms with Gasteiger partial charge in [-0.15, -0.1) is 0 Å². The minimum absolute atomic E-state index is 0.199. The lowest BCUT2D eigenvalue weighted by atomic mass is 10.2. The SMILES string of the molecule is Cc1cc(C)n(-c2ccc(CNCc3ccc(OCC(F)(F)F)cc3)cn2)n1. The van der Waals surface area contributed by atoms with Crippen LogP contribution in [0, 0.1) is 13.8 Å². The Hall–Kier alpha value is -2.87. The number of hydrogen-bond donors (Lipinski definition) is 1. The van der Waals surface area contributed by atoms with Crippen LogP contribution in [0.25, 0.3) is 5.82 Å². The van der Waals surface area contributed by atoms with Crippen LogP contribution in [0.5, 0.6) is 5.75 Å². The van der Waals surface area contributed by atoms with Gasteiger partial charge >= 0.3 is 6.18 Å². The van der Waals surface area contributed by atoms with Gasteiger partial charge in [-0.1, -0.05) is 18.2 Å². The first kappa shape index (κ1) is 19.9. The summed E-state index contributed by atoms with van der Waals surface area (Å²) >= 11 is 0. The molecule has 3 rings (SSSR count). The second-order valence-corrected chi connectivity index (χ2v) is 6.51. The van der Waals surface area contributed by atoms with Crippen molar-refractivity contribution in [1.82, 2.24) is 20.1 Å². The summed E-state index contributed by atoms with van der Waals surface area (Å²) < 4.78 is 42.9. The lowest BCUT2D eigenvalue weighted by molar-refractivity contribution is -0.153. The number of benzene rings is 1. The summed E-state index contributed by atoms with van der Waals surface area (Å²) in [5.41, 5.74) is 3.94. The Morgan fingerprint density at radius 3 is 2.25 bits per heavy atom. The van der Waals surface area contributed by atoms with Gasteiger partial charge in [0.05, 0.1) is 5.69 Å². The van der Waals surface area contributed by atoms with Gasteiger partial charge in [-0.25, -0.2) is 9.67 Å². The molecular formula is C20H21F3N4O. The van der Waals surface area contributed by atoms with Crippen molar-refractivity contribution in [3.05, 3.63) is 71.2 Å². The van der Waals surface area contributed by atoms with Gasteiger partial charge in [0, 0.05) is 25.0 Å². The fourth-order valence-corrected chi connectivity index (χ4v) is 2.73. The molecule has 0 saturated heterocycles. The number of hydrogen-bond acceptors (Lipinski definition) is 4. The molecule has 0 spiro atoms.